The van der Waals surface area contributed by atoms with Crippen LogP contribution < -0.4 is 5.73 Å². The third-order valence-corrected chi connectivity index (χ3v) is 3.29. The highest BCUT2D eigenvalue weighted by Gasteiger charge is 2.05. The number of hydrogen-bond donors (Lipinski definition) is 1. The summed E-state index contributed by atoms with van der Waals surface area (Å²) in [5.41, 5.74) is 9.24. The van der Waals surface area contributed by atoms with Gasteiger partial charge in [0, 0.05) is 16.7 Å². The molecule has 17 heavy (non-hydrogen) atoms. The summed E-state index contributed by atoms with van der Waals surface area (Å²) in [7, 11) is 0. The van der Waals surface area contributed by atoms with E-state index in [0.29, 0.717) is 0 Å². The largest absolute Gasteiger partial charge is 0.328 e. The molecule has 0 saturated heterocycles. The second-order valence-electron chi connectivity index (χ2n) is 4.42. The zero-order valence-corrected chi connectivity index (χ0v) is 11.6. The first-order valence-electron chi connectivity index (χ1n) is 5.62. The van der Waals surface area contributed by atoms with Gasteiger partial charge in [-0.1, -0.05) is 22.0 Å². The van der Waals surface area contributed by atoms with E-state index in [1.165, 1.54) is 5.56 Å². The fraction of sp³-hybridized carbons (Fsp3) is 0.308. The Morgan fingerprint density at radius 3 is 2.76 bits per heavy atom. The van der Waals surface area contributed by atoms with Crippen LogP contribution in [0.5, 0.6) is 0 Å². The van der Waals surface area contributed by atoms with Gasteiger partial charge in [0.1, 0.15) is 0 Å². The third-order valence-electron chi connectivity index (χ3n) is 2.55. The summed E-state index contributed by atoms with van der Waals surface area (Å²) in [4.78, 5) is 0. The molecule has 2 rings (SSSR count). The van der Waals surface area contributed by atoms with Gasteiger partial charge < -0.3 is 5.73 Å². The summed E-state index contributed by atoms with van der Waals surface area (Å²) < 4.78 is 2.95. The van der Waals surface area contributed by atoms with Crippen LogP contribution in [0.4, 0.5) is 0 Å². The second kappa shape index (κ2) is 5.02. The molecule has 1 aromatic carbocycles. The Morgan fingerprint density at radius 2 is 2.24 bits per heavy atom. The minimum absolute atomic E-state index is 0.170. The maximum atomic E-state index is 5.81. The van der Waals surface area contributed by atoms with Gasteiger partial charge in [0.25, 0.3) is 0 Å². The van der Waals surface area contributed by atoms with Gasteiger partial charge >= 0.3 is 0 Å². The van der Waals surface area contributed by atoms with Crippen molar-refractivity contribution >= 4 is 15.9 Å². The molecule has 1 unspecified atom stereocenters. The number of nitrogens with two attached hydrogens (primary N) is 1. The van der Waals surface area contributed by atoms with Crippen LogP contribution in [0, 0.1) is 6.92 Å². The molecule has 90 valence electrons. The number of nitrogens with zero attached hydrogens (tertiary/aromatic N) is 2. The van der Waals surface area contributed by atoms with Crippen molar-refractivity contribution in [2.75, 3.05) is 0 Å². The van der Waals surface area contributed by atoms with E-state index in [9.17, 15) is 0 Å². The SMILES string of the molecule is Cc1cnn(-c2ccc(CC(C)N)c(Br)c2)c1. The van der Waals surface area contributed by atoms with E-state index in [1.807, 2.05) is 30.9 Å². The number of rotatable bonds is 3. The van der Waals surface area contributed by atoms with Crippen LogP contribution in [0.25, 0.3) is 5.69 Å². The topological polar surface area (TPSA) is 43.8 Å². The molecule has 4 heteroatoms. The third kappa shape index (κ3) is 2.96. The Hall–Kier alpha value is -1.13. The lowest BCUT2D eigenvalue weighted by Crippen LogP contribution is -2.18. The molecule has 0 spiro atoms. The van der Waals surface area contributed by atoms with Gasteiger partial charge in [-0.15, -0.1) is 0 Å². The number of hydrogen-bond acceptors (Lipinski definition) is 2. The van der Waals surface area contributed by atoms with E-state index in [-0.39, 0.29) is 6.04 Å². The average Bonchev–Trinajstić information content (AvgIpc) is 2.67. The van der Waals surface area contributed by atoms with Crippen molar-refractivity contribution in [3.05, 3.63) is 46.2 Å². The van der Waals surface area contributed by atoms with Crippen LogP contribution in [-0.4, -0.2) is 15.8 Å². The summed E-state index contributed by atoms with van der Waals surface area (Å²) in [5, 5.41) is 4.29. The lowest BCUT2D eigenvalue weighted by Gasteiger charge is -2.09. The van der Waals surface area contributed by atoms with Gasteiger partial charge in [0.2, 0.25) is 0 Å². The second-order valence-corrected chi connectivity index (χ2v) is 5.27. The summed E-state index contributed by atoms with van der Waals surface area (Å²) in [6, 6.07) is 6.41. The highest BCUT2D eigenvalue weighted by molar-refractivity contribution is 9.10. The van der Waals surface area contributed by atoms with Crippen LogP contribution in [-0.2, 0) is 6.42 Å². The summed E-state index contributed by atoms with van der Waals surface area (Å²) in [6.07, 6.45) is 4.73. The summed E-state index contributed by atoms with van der Waals surface area (Å²) in [5.74, 6) is 0. The van der Waals surface area contributed by atoms with Crippen molar-refractivity contribution < 1.29 is 0 Å². The molecule has 1 atom stereocenters. The fourth-order valence-electron chi connectivity index (χ4n) is 1.75. The van der Waals surface area contributed by atoms with Crippen LogP contribution in [0.3, 0.4) is 0 Å². The Balaban J connectivity index is 2.30. The molecular formula is C13H16BrN3. The van der Waals surface area contributed by atoms with Gasteiger partial charge in [0.05, 0.1) is 11.9 Å². The number of halogens is 1. The predicted octanol–water partition coefficient (Wildman–Crippen LogP) is 2.83. The molecule has 0 amide bonds. The Labute approximate surface area is 110 Å². The van der Waals surface area contributed by atoms with Crippen molar-refractivity contribution in [2.24, 2.45) is 5.73 Å². The first-order chi connectivity index (χ1) is 8.06. The highest BCUT2D eigenvalue weighted by atomic mass is 79.9. The molecule has 3 nitrogen and oxygen atoms in total. The molecule has 1 aromatic heterocycles. The molecule has 1 heterocycles. The summed E-state index contributed by atoms with van der Waals surface area (Å²) >= 11 is 3.58. The quantitative estimate of drug-likeness (QED) is 0.946. The Kier molecular flexibility index (Phi) is 3.64. The monoisotopic (exact) mass is 293 g/mol. The van der Waals surface area contributed by atoms with Gasteiger partial charge in [0.15, 0.2) is 0 Å². The first kappa shape index (κ1) is 12.3. The van der Waals surface area contributed by atoms with E-state index >= 15 is 0 Å². The normalized spacial score (nSPS) is 12.7. The van der Waals surface area contributed by atoms with Crippen molar-refractivity contribution in [2.45, 2.75) is 26.3 Å². The smallest absolute Gasteiger partial charge is 0.0657 e. The molecule has 2 aromatic rings. The molecule has 0 saturated carbocycles. The molecule has 2 N–H and O–H groups in total. The molecule has 0 bridgehead atoms. The minimum atomic E-state index is 0.170. The maximum Gasteiger partial charge on any atom is 0.0657 e. The minimum Gasteiger partial charge on any atom is -0.328 e. The standard InChI is InChI=1S/C13H16BrN3/c1-9-7-16-17(8-9)12-4-3-11(5-10(2)15)13(14)6-12/h3-4,6-8,10H,5,15H2,1-2H3. The summed E-state index contributed by atoms with van der Waals surface area (Å²) in [6.45, 7) is 4.04. The van der Waals surface area contributed by atoms with Crippen molar-refractivity contribution in [3.8, 4) is 5.69 Å². The molecule has 0 fully saturated rings. The van der Waals surface area contributed by atoms with E-state index in [2.05, 4.69) is 39.2 Å². The zero-order valence-electron chi connectivity index (χ0n) is 10.0. The van der Waals surface area contributed by atoms with E-state index in [1.54, 1.807) is 0 Å². The molecule has 0 aliphatic rings. The molecular weight excluding hydrogens is 278 g/mol. The Bertz CT molecular complexity index is 517. The van der Waals surface area contributed by atoms with Crippen molar-refractivity contribution in [1.82, 2.24) is 9.78 Å². The number of aromatic nitrogens is 2. The molecule has 0 aliphatic carbocycles. The van der Waals surface area contributed by atoms with Crippen LogP contribution in [0.2, 0.25) is 0 Å². The molecule has 0 radical (unpaired) electrons. The van der Waals surface area contributed by atoms with Crippen LogP contribution in [0.15, 0.2) is 35.1 Å². The average molecular weight is 294 g/mol. The first-order valence-corrected chi connectivity index (χ1v) is 6.41. The maximum absolute atomic E-state index is 5.81. The van der Waals surface area contributed by atoms with Crippen molar-refractivity contribution in [3.63, 3.8) is 0 Å². The van der Waals surface area contributed by atoms with Gasteiger partial charge in [-0.05, 0) is 43.5 Å². The van der Waals surface area contributed by atoms with E-state index < -0.39 is 0 Å². The predicted molar refractivity (Wildman–Crippen MR) is 73.4 cm³/mol. The van der Waals surface area contributed by atoms with Crippen LogP contribution >= 0.6 is 15.9 Å². The zero-order chi connectivity index (χ0) is 12.4. The highest BCUT2D eigenvalue weighted by Crippen LogP contribution is 2.21. The number of benzene rings is 1. The lowest BCUT2D eigenvalue weighted by molar-refractivity contribution is 0.735. The van der Waals surface area contributed by atoms with Gasteiger partial charge in [-0.25, -0.2) is 4.68 Å². The molecule has 0 aliphatic heterocycles. The van der Waals surface area contributed by atoms with Gasteiger partial charge in [-0.2, -0.15) is 5.10 Å². The van der Waals surface area contributed by atoms with Crippen LogP contribution in [0.1, 0.15) is 18.1 Å². The van der Waals surface area contributed by atoms with E-state index in [4.69, 9.17) is 5.73 Å². The van der Waals surface area contributed by atoms with Crippen molar-refractivity contribution in [1.29, 1.82) is 0 Å². The number of aryl methyl sites for hydroxylation is 1. The van der Waals surface area contributed by atoms with Gasteiger partial charge in [-0.3, -0.25) is 0 Å². The lowest BCUT2D eigenvalue weighted by atomic mass is 10.1. The Morgan fingerprint density at radius 1 is 1.47 bits per heavy atom. The fourth-order valence-corrected chi connectivity index (χ4v) is 2.27. The van der Waals surface area contributed by atoms with E-state index in [0.717, 1.165) is 22.1 Å².